The number of hydrogen-bond acceptors (Lipinski definition) is 4. The van der Waals surface area contributed by atoms with E-state index in [1.54, 1.807) is 18.5 Å². The van der Waals surface area contributed by atoms with Gasteiger partial charge in [-0.2, -0.15) is 0 Å². The van der Waals surface area contributed by atoms with Crippen molar-refractivity contribution in [1.29, 1.82) is 0 Å². The summed E-state index contributed by atoms with van der Waals surface area (Å²) < 4.78 is 5.70. The topological polar surface area (TPSA) is 54.0 Å². The molecule has 1 N–H and O–H groups in total. The van der Waals surface area contributed by atoms with Crippen molar-refractivity contribution in [2.45, 2.75) is 12.6 Å². The van der Waals surface area contributed by atoms with Crippen LogP contribution in [0.15, 0.2) is 42.7 Å². The van der Waals surface area contributed by atoms with E-state index in [4.69, 9.17) is 16.3 Å². The summed E-state index contributed by atoms with van der Waals surface area (Å²) in [6.07, 6.45) is 3.55. The number of H-pyrrole nitrogens is 1. The number of ether oxygens (including phenoxy) is 1. The molecule has 1 saturated heterocycles. The number of hydrogen-bond donors (Lipinski definition) is 1. The fraction of sp³-hybridized carbons (Fsp3) is 0.250. The van der Waals surface area contributed by atoms with Crippen LogP contribution in [0.2, 0.25) is 5.02 Å². The van der Waals surface area contributed by atoms with Gasteiger partial charge in [-0.1, -0.05) is 11.6 Å². The fourth-order valence-electron chi connectivity index (χ4n) is 2.71. The highest BCUT2D eigenvalue weighted by molar-refractivity contribution is 6.31. The lowest BCUT2D eigenvalue weighted by Gasteiger charge is -2.37. The van der Waals surface area contributed by atoms with Crippen molar-refractivity contribution < 1.29 is 4.74 Å². The molecule has 0 spiro atoms. The van der Waals surface area contributed by atoms with Crippen LogP contribution in [0, 0.1) is 0 Å². The molecule has 22 heavy (non-hydrogen) atoms. The lowest BCUT2D eigenvalue weighted by atomic mass is 10.1. The maximum Gasteiger partial charge on any atom is 0.316 e. The van der Waals surface area contributed by atoms with Gasteiger partial charge in [-0.25, -0.2) is 9.97 Å². The molecule has 5 nitrogen and oxygen atoms in total. The van der Waals surface area contributed by atoms with Gasteiger partial charge >= 0.3 is 6.01 Å². The summed E-state index contributed by atoms with van der Waals surface area (Å²) >= 11 is 6.02. The predicted octanol–water partition coefficient (Wildman–Crippen LogP) is 2.87. The first-order valence-corrected chi connectivity index (χ1v) is 7.57. The first-order chi connectivity index (χ1) is 10.8. The van der Waals surface area contributed by atoms with Gasteiger partial charge in [0.05, 0.1) is 0 Å². The standard InChI is InChI=1S/C16H15ClN4O/c17-12-2-3-15-11(6-12)7-13(20-15)8-21-9-14(10-21)22-16-18-4-1-5-19-16/h1-7,14,20H,8-10H2. The Kier molecular flexibility index (Phi) is 3.44. The minimum Gasteiger partial charge on any atom is -0.457 e. The van der Waals surface area contributed by atoms with Crippen molar-refractivity contribution in [2.75, 3.05) is 13.1 Å². The second-order valence-corrected chi connectivity index (χ2v) is 5.93. The van der Waals surface area contributed by atoms with Gasteiger partial charge in [0, 0.05) is 53.6 Å². The molecule has 1 fully saturated rings. The summed E-state index contributed by atoms with van der Waals surface area (Å²) in [5.74, 6) is 0. The van der Waals surface area contributed by atoms with E-state index in [1.165, 1.54) is 5.69 Å². The third-order valence-electron chi connectivity index (χ3n) is 3.77. The maximum absolute atomic E-state index is 6.02. The quantitative estimate of drug-likeness (QED) is 0.804. The molecule has 112 valence electrons. The molecule has 3 aromatic rings. The summed E-state index contributed by atoms with van der Waals surface area (Å²) in [4.78, 5) is 13.9. The Morgan fingerprint density at radius 3 is 2.86 bits per heavy atom. The van der Waals surface area contributed by atoms with Gasteiger partial charge in [0.15, 0.2) is 0 Å². The smallest absolute Gasteiger partial charge is 0.316 e. The first-order valence-electron chi connectivity index (χ1n) is 7.19. The SMILES string of the molecule is Clc1ccc2[nH]c(CN3CC(Oc4ncccn4)C3)cc2c1. The second-order valence-electron chi connectivity index (χ2n) is 5.49. The monoisotopic (exact) mass is 314 g/mol. The van der Waals surface area contributed by atoms with E-state index in [0.717, 1.165) is 35.6 Å². The zero-order chi connectivity index (χ0) is 14.9. The number of fused-ring (bicyclic) bond motifs is 1. The van der Waals surface area contributed by atoms with Crippen LogP contribution in [0.25, 0.3) is 10.9 Å². The van der Waals surface area contributed by atoms with Crippen LogP contribution in [0.1, 0.15) is 5.69 Å². The molecule has 0 atom stereocenters. The van der Waals surface area contributed by atoms with Gasteiger partial charge in [-0.3, -0.25) is 4.90 Å². The van der Waals surface area contributed by atoms with Crippen molar-refractivity contribution >= 4 is 22.5 Å². The van der Waals surface area contributed by atoms with Crippen LogP contribution in [0.4, 0.5) is 0 Å². The van der Waals surface area contributed by atoms with E-state index in [9.17, 15) is 0 Å². The number of nitrogens with zero attached hydrogens (tertiary/aromatic N) is 3. The van der Waals surface area contributed by atoms with Crippen LogP contribution < -0.4 is 4.74 Å². The summed E-state index contributed by atoms with van der Waals surface area (Å²) in [6.45, 7) is 2.64. The Morgan fingerprint density at radius 1 is 1.23 bits per heavy atom. The van der Waals surface area contributed by atoms with Crippen molar-refractivity contribution in [3.63, 3.8) is 0 Å². The van der Waals surface area contributed by atoms with Gasteiger partial charge in [0.25, 0.3) is 0 Å². The van der Waals surface area contributed by atoms with Crippen molar-refractivity contribution in [1.82, 2.24) is 19.9 Å². The van der Waals surface area contributed by atoms with Crippen molar-refractivity contribution in [2.24, 2.45) is 0 Å². The number of aromatic nitrogens is 3. The molecule has 1 aromatic carbocycles. The van der Waals surface area contributed by atoms with E-state index in [0.29, 0.717) is 6.01 Å². The Morgan fingerprint density at radius 2 is 2.05 bits per heavy atom. The average Bonchev–Trinajstić information content (AvgIpc) is 2.87. The van der Waals surface area contributed by atoms with Crippen molar-refractivity contribution in [3.05, 3.63) is 53.4 Å². The maximum atomic E-state index is 6.02. The molecule has 2 aromatic heterocycles. The third-order valence-corrected chi connectivity index (χ3v) is 4.01. The van der Waals surface area contributed by atoms with Crippen molar-refractivity contribution in [3.8, 4) is 6.01 Å². The van der Waals surface area contributed by atoms with Crippen LogP contribution in [0.5, 0.6) is 6.01 Å². The van der Waals surface area contributed by atoms with E-state index in [-0.39, 0.29) is 6.10 Å². The van der Waals surface area contributed by atoms with Crippen LogP contribution >= 0.6 is 11.6 Å². The minimum absolute atomic E-state index is 0.168. The highest BCUT2D eigenvalue weighted by Gasteiger charge is 2.29. The Balaban J connectivity index is 1.35. The van der Waals surface area contributed by atoms with Gasteiger partial charge < -0.3 is 9.72 Å². The summed E-state index contributed by atoms with van der Waals surface area (Å²) in [7, 11) is 0. The lowest BCUT2D eigenvalue weighted by Crippen LogP contribution is -2.53. The van der Waals surface area contributed by atoms with Gasteiger partial charge in [0.1, 0.15) is 6.10 Å². The molecule has 3 heterocycles. The van der Waals surface area contributed by atoms with E-state index < -0.39 is 0 Å². The fourth-order valence-corrected chi connectivity index (χ4v) is 2.89. The van der Waals surface area contributed by atoms with Gasteiger partial charge in [-0.15, -0.1) is 0 Å². The van der Waals surface area contributed by atoms with Crippen LogP contribution in [0.3, 0.4) is 0 Å². The lowest BCUT2D eigenvalue weighted by molar-refractivity contribution is 0.00825. The zero-order valence-electron chi connectivity index (χ0n) is 11.9. The van der Waals surface area contributed by atoms with Gasteiger partial charge in [-0.05, 0) is 30.3 Å². The van der Waals surface area contributed by atoms with Crippen LogP contribution in [-0.2, 0) is 6.54 Å². The largest absolute Gasteiger partial charge is 0.457 e. The molecule has 1 aliphatic rings. The molecule has 0 unspecified atom stereocenters. The summed E-state index contributed by atoms with van der Waals surface area (Å²) in [5.41, 5.74) is 2.30. The number of aromatic amines is 1. The zero-order valence-corrected chi connectivity index (χ0v) is 12.6. The third kappa shape index (κ3) is 2.77. The van der Waals surface area contributed by atoms with E-state index in [2.05, 4.69) is 25.9 Å². The number of rotatable bonds is 4. The Hall–Kier alpha value is -2.11. The molecule has 0 amide bonds. The highest BCUT2D eigenvalue weighted by Crippen LogP contribution is 2.22. The molecule has 4 rings (SSSR count). The van der Waals surface area contributed by atoms with Gasteiger partial charge in [0.2, 0.25) is 0 Å². The molecular weight excluding hydrogens is 300 g/mol. The number of halogens is 1. The van der Waals surface area contributed by atoms with Crippen LogP contribution in [-0.4, -0.2) is 39.0 Å². The molecule has 0 saturated carbocycles. The number of nitrogens with one attached hydrogen (secondary N) is 1. The summed E-state index contributed by atoms with van der Waals surface area (Å²) in [5, 5.41) is 1.91. The average molecular weight is 315 g/mol. The Labute approximate surface area is 132 Å². The summed E-state index contributed by atoms with van der Waals surface area (Å²) in [6, 6.07) is 10.3. The second kappa shape index (κ2) is 5.59. The molecule has 0 aliphatic carbocycles. The molecule has 6 heteroatoms. The van der Waals surface area contributed by atoms with E-state index >= 15 is 0 Å². The highest BCUT2D eigenvalue weighted by atomic mass is 35.5. The molecule has 0 radical (unpaired) electrons. The predicted molar refractivity (Wildman–Crippen MR) is 85.0 cm³/mol. The normalized spacial score (nSPS) is 15.9. The molecular formula is C16H15ClN4O. The number of benzene rings is 1. The molecule has 1 aliphatic heterocycles. The Bertz CT molecular complexity index is 783. The minimum atomic E-state index is 0.168. The first kappa shape index (κ1) is 13.5. The molecule has 0 bridgehead atoms. The van der Waals surface area contributed by atoms with E-state index in [1.807, 2.05) is 18.2 Å². The number of likely N-dealkylation sites (tertiary alicyclic amines) is 1.